The van der Waals surface area contributed by atoms with E-state index in [1.165, 1.54) is 6.08 Å². The van der Waals surface area contributed by atoms with Crippen molar-refractivity contribution in [1.82, 2.24) is 0 Å². The van der Waals surface area contributed by atoms with E-state index in [9.17, 15) is 10.1 Å². The van der Waals surface area contributed by atoms with Crippen LogP contribution in [0.5, 0.6) is 11.5 Å². The van der Waals surface area contributed by atoms with Gasteiger partial charge >= 0.3 is 0 Å². The van der Waals surface area contributed by atoms with Crippen LogP contribution in [0.15, 0.2) is 46.4 Å². The Balaban J connectivity index is 1.87. The minimum atomic E-state index is -0.542. The van der Waals surface area contributed by atoms with Crippen LogP contribution in [0.1, 0.15) is 5.56 Å². The molecular formula is C17H10BrClN2O3. The molecule has 0 bridgehead atoms. The fraction of sp³-hybridized carbons (Fsp3) is 0.0588. The number of carbonyl (C=O) groups excluding carboxylic acids is 1. The summed E-state index contributed by atoms with van der Waals surface area (Å²) in [6.07, 6.45) is 1.47. The summed E-state index contributed by atoms with van der Waals surface area (Å²) in [4.78, 5) is 12.3. The molecule has 1 aliphatic rings. The van der Waals surface area contributed by atoms with Gasteiger partial charge in [-0.3, -0.25) is 4.79 Å². The van der Waals surface area contributed by atoms with Crippen molar-refractivity contribution in [1.29, 1.82) is 5.26 Å². The lowest BCUT2D eigenvalue weighted by Gasteiger charge is -2.06. The highest BCUT2D eigenvalue weighted by molar-refractivity contribution is 9.10. The highest BCUT2D eigenvalue weighted by Gasteiger charge is 2.18. The van der Waals surface area contributed by atoms with E-state index >= 15 is 0 Å². The Morgan fingerprint density at radius 1 is 1.33 bits per heavy atom. The van der Waals surface area contributed by atoms with Gasteiger partial charge in [0.1, 0.15) is 11.6 Å². The molecule has 1 amide bonds. The zero-order chi connectivity index (χ0) is 17.1. The van der Waals surface area contributed by atoms with Gasteiger partial charge in [0.2, 0.25) is 6.79 Å². The summed E-state index contributed by atoms with van der Waals surface area (Å²) in [5.41, 5.74) is 1.02. The second-order valence-corrected chi connectivity index (χ2v) is 6.10. The van der Waals surface area contributed by atoms with E-state index in [4.69, 9.17) is 21.1 Å². The maximum Gasteiger partial charge on any atom is 0.266 e. The van der Waals surface area contributed by atoms with Crippen LogP contribution in [0.3, 0.4) is 0 Å². The van der Waals surface area contributed by atoms with Crippen LogP contribution >= 0.6 is 27.5 Å². The topological polar surface area (TPSA) is 71.3 Å². The van der Waals surface area contributed by atoms with E-state index in [2.05, 4.69) is 21.2 Å². The van der Waals surface area contributed by atoms with E-state index in [1.807, 2.05) is 6.07 Å². The summed E-state index contributed by atoms with van der Waals surface area (Å²) in [7, 11) is 0. The van der Waals surface area contributed by atoms with Crippen LogP contribution in [0.25, 0.3) is 6.08 Å². The van der Waals surface area contributed by atoms with Crippen molar-refractivity contribution < 1.29 is 14.3 Å². The summed E-state index contributed by atoms with van der Waals surface area (Å²) in [5.74, 6) is 0.616. The van der Waals surface area contributed by atoms with E-state index in [0.29, 0.717) is 32.2 Å². The van der Waals surface area contributed by atoms with E-state index in [1.54, 1.807) is 36.4 Å². The van der Waals surface area contributed by atoms with Gasteiger partial charge in [0.05, 0.1) is 15.2 Å². The van der Waals surface area contributed by atoms with Gasteiger partial charge in [-0.15, -0.1) is 0 Å². The van der Waals surface area contributed by atoms with Crippen molar-refractivity contribution in [3.8, 4) is 17.6 Å². The molecule has 7 heteroatoms. The first-order valence-corrected chi connectivity index (χ1v) is 8.02. The summed E-state index contributed by atoms with van der Waals surface area (Å²) >= 11 is 9.38. The van der Waals surface area contributed by atoms with E-state index in [0.717, 1.165) is 0 Å². The molecule has 0 fully saturated rings. The number of rotatable bonds is 3. The fourth-order valence-corrected chi connectivity index (χ4v) is 2.90. The lowest BCUT2D eigenvalue weighted by molar-refractivity contribution is -0.112. The second kappa shape index (κ2) is 6.95. The Bertz CT molecular complexity index is 890. The Hall–Kier alpha value is -2.49. The quantitative estimate of drug-likeness (QED) is 0.608. The minimum absolute atomic E-state index is 0.0549. The number of hydrogen-bond acceptors (Lipinski definition) is 4. The van der Waals surface area contributed by atoms with Crippen LogP contribution in [0, 0.1) is 11.3 Å². The van der Waals surface area contributed by atoms with Crippen LogP contribution in [0.2, 0.25) is 5.02 Å². The number of nitrogens with one attached hydrogen (secondary N) is 1. The molecule has 1 N–H and O–H groups in total. The van der Waals surface area contributed by atoms with Crippen molar-refractivity contribution in [2.75, 3.05) is 12.1 Å². The first kappa shape index (κ1) is 16.4. The van der Waals surface area contributed by atoms with Gasteiger partial charge in [-0.25, -0.2) is 0 Å². The number of ether oxygens (including phenoxy) is 2. The number of para-hydroxylation sites is 1. The van der Waals surface area contributed by atoms with Crippen LogP contribution in [-0.4, -0.2) is 12.7 Å². The third kappa shape index (κ3) is 3.37. The molecule has 0 spiro atoms. The number of nitriles is 1. The Morgan fingerprint density at radius 3 is 2.88 bits per heavy atom. The minimum Gasteiger partial charge on any atom is -0.454 e. The van der Waals surface area contributed by atoms with Gasteiger partial charge < -0.3 is 14.8 Å². The maximum absolute atomic E-state index is 12.3. The average Bonchev–Trinajstić information content (AvgIpc) is 3.03. The maximum atomic E-state index is 12.3. The smallest absolute Gasteiger partial charge is 0.266 e. The number of fused-ring (bicyclic) bond motifs is 1. The largest absolute Gasteiger partial charge is 0.454 e. The summed E-state index contributed by atoms with van der Waals surface area (Å²) in [5, 5.41) is 12.3. The summed E-state index contributed by atoms with van der Waals surface area (Å²) in [6.45, 7) is 0.138. The molecule has 0 radical (unpaired) electrons. The van der Waals surface area contributed by atoms with Gasteiger partial charge in [-0.1, -0.05) is 23.7 Å². The number of benzene rings is 2. The molecule has 1 heterocycles. The molecule has 0 saturated heterocycles. The fourth-order valence-electron chi connectivity index (χ4n) is 2.14. The molecule has 0 aliphatic carbocycles. The molecule has 5 nitrogen and oxygen atoms in total. The molecule has 0 atom stereocenters. The van der Waals surface area contributed by atoms with Gasteiger partial charge in [0.25, 0.3) is 5.91 Å². The molecule has 2 aromatic carbocycles. The standard InChI is InChI=1S/C17H10BrClN2O3/c18-12-6-10(7-15-16(12)24-9-23-15)5-11(8-20)17(22)21-14-4-2-1-3-13(14)19/h1-7H,9H2,(H,21,22)/b11-5+. The highest BCUT2D eigenvalue weighted by Crippen LogP contribution is 2.40. The lowest BCUT2D eigenvalue weighted by atomic mass is 10.1. The molecule has 3 rings (SSSR count). The number of nitrogens with zero attached hydrogens (tertiary/aromatic N) is 1. The first-order chi connectivity index (χ1) is 11.6. The van der Waals surface area contributed by atoms with Crippen molar-refractivity contribution >= 4 is 45.2 Å². The van der Waals surface area contributed by atoms with Crippen LogP contribution in [-0.2, 0) is 4.79 Å². The molecule has 0 aromatic heterocycles. The third-order valence-electron chi connectivity index (χ3n) is 3.25. The number of halogens is 2. The van der Waals surface area contributed by atoms with Crippen LogP contribution in [0.4, 0.5) is 5.69 Å². The second-order valence-electron chi connectivity index (χ2n) is 4.84. The Labute approximate surface area is 151 Å². The van der Waals surface area contributed by atoms with Crippen molar-refractivity contribution in [2.45, 2.75) is 0 Å². The van der Waals surface area contributed by atoms with Crippen molar-refractivity contribution in [3.63, 3.8) is 0 Å². The molecule has 2 aromatic rings. The number of anilines is 1. The van der Waals surface area contributed by atoms with Gasteiger partial charge in [-0.05, 0) is 51.8 Å². The third-order valence-corrected chi connectivity index (χ3v) is 4.17. The predicted octanol–water partition coefficient (Wildman–Crippen LogP) is 4.38. The first-order valence-electron chi connectivity index (χ1n) is 6.85. The summed E-state index contributed by atoms with van der Waals surface area (Å²) < 4.78 is 11.3. The SMILES string of the molecule is N#C/C(=C\c1cc(Br)c2c(c1)OCO2)C(=O)Nc1ccccc1Cl. The van der Waals surface area contributed by atoms with E-state index < -0.39 is 5.91 Å². The molecule has 120 valence electrons. The molecule has 1 aliphatic heterocycles. The molecular weight excluding hydrogens is 396 g/mol. The molecule has 0 saturated carbocycles. The zero-order valence-electron chi connectivity index (χ0n) is 12.2. The number of carbonyl (C=O) groups is 1. The zero-order valence-corrected chi connectivity index (χ0v) is 14.5. The number of hydrogen-bond donors (Lipinski definition) is 1. The summed E-state index contributed by atoms with van der Waals surface area (Å²) in [6, 6.07) is 12.2. The van der Waals surface area contributed by atoms with Crippen molar-refractivity contribution in [2.24, 2.45) is 0 Å². The molecule has 24 heavy (non-hydrogen) atoms. The molecule has 0 unspecified atom stereocenters. The lowest BCUT2D eigenvalue weighted by Crippen LogP contribution is -2.13. The highest BCUT2D eigenvalue weighted by atomic mass is 79.9. The normalized spacial score (nSPS) is 12.6. The van der Waals surface area contributed by atoms with Crippen LogP contribution < -0.4 is 14.8 Å². The van der Waals surface area contributed by atoms with Gasteiger partial charge in [0.15, 0.2) is 11.5 Å². The average molecular weight is 406 g/mol. The van der Waals surface area contributed by atoms with E-state index in [-0.39, 0.29) is 12.4 Å². The van der Waals surface area contributed by atoms with Crippen molar-refractivity contribution in [3.05, 3.63) is 57.0 Å². The monoisotopic (exact) mass is 404 g/mol. The predicted molar refractivity (Wildman–Crippen MR) is 93.9 cm³/mol. The number of amides is 1. The Kier molecular flexibility index (Phi) is 4.74. The van der Waals surface area contributed by atoms with Gasteiger partial charge in [-0.2, -0.15) is 5.26 Å². The van der Waals surface area contributed by atoms with Gasteiger partial charge in [0, 0.05) is 0 Å². The Morgan fingerprint density at radius 2 is 2.12 bits per heavy atom.